The zero-order valence-corrected chi connectivity index (χ0v) is 13.7. The Morgan fingerprint density at radius 3 is 2.91 bits per heavy atom. The van der Waals surface area contributed by atoms with Crippen molar-refractivity contribution in [1.82, 2.24) is 14.5 Å². The molecule has 2 aromatic heterocycles. The Bertz CT molecular complexity index is 989. The number of imidazole rings is 1. The predicted molar refractivity (Wildman–Crippen MR) is 94.8 cm³/mol. The van der Waals surface area contributed by atoms with Crippen LogP contribution in [0.25, 0.3) is 21.3 Å². The third-order valence-electron chi connectivity index (χ3n) is 3.68. The monoisotopic (exact) mass is 324 g/mol. The second-order valence-corrected chi connectivity index (χ2v) is 6.24. The Morgan fingerprint density at radius 2 is 2.04 bits per heavy atom. The Hall–Kier alpha value is -2.60. The van der Waals surface area contributed by atoms with Crippen molar-refractivity contribution >= 4 is 43.4 Å². The summed E-state index contributed by atoms with van der Waals surface area (Å²) in [7, 11) is 1.99. The lowest BCUT2D eigenvalue weighted by Crippen LogP contribution is -1.97. The highest BCUT2D eigenvalue weighted by atomic mass is 32.1. The summed E-state index contributed by atoms with van der Waals surface area (Å²) < 4.78 is 8.78. The number of thiazole rings is 1. The van der Waals surface area contributed by atoms with Gasteiger partial charge in [-0.05, 0) is 31.2 Å². The molecule has 4 aromatic rings. The van der Waals surface area contributed by atoms with Gasteiger partial charge in [-0.25, -0.2) is 9.97 Å². The number of fused-ring (bicyclic) bond motifs is 3. The van der Waals surface area contributed by atoms with E-state index in [-0.39, 0.29) is 0 Å². The fourth-order valence-corrected chi connectivity index (χ4v) is 3.49. The summed E-state index contributed by atoms with van der Waals surface area (Å²) in [6, 6.07) is 12.1. The first kappa shape index (κ1) is 14.0. The van der Waals surface area contributed by atoms with E-state index >= 15 is 0 Å². The number of nitrogens with one attached hydrogen (secondary N) is 1. The van der Waals surface area contributed by atoms with E-state index in [4.69, 9.17) is 9.72 Å². The molecule has 5 nitrogen and oxygen atoms in total. The molecule has 0 atom stereocenters. The first-order chi connectivity index (χ1) is 11.3. The molecule has 6 heteroatoms. The molecular weight excluding hydrogens is 308 g/mol. The lowest BCUT2D eigenvalue weighted by atomic mass is 10.3. The summed E-state index contributed by atoms with van der Waals surface area (Å²) in [6.45, 7) is 2.61. The molecule has 4 rings (SSSR count). The van der Waals surface area contributed by atoms with Crippen LogP contribution in [0.1, 0.15) is 6.92 Å². The molecule has 116 valence electrons. The van der Waals surface area contributed by atoms with Crippen LogP contribution in [0.15, 0.2) is 42.7 Å². The molecule has 0 amide bonds. The quantitative estimate of drug-likeness (QED) is 0.607. The minimum atomic E-state index is 0.632. The predicted octanol–water partition coefficient (Wildman–Crippen LogP) is 4.33. The molecule has 0 spiro atoms. The zero-order valence-electron chi connectivity index (χ0n) is 12.9. The van der Waals surface area contributed by atoms with Crippen LogP contribution in [0.3, 0.4) is 0 Å². The van der Waals surface area contributed by atoms with E-state index in [1.807, 2.05) is 49.1 Å². The summed E-state index contributed by atoms with van der Waals surface area (Å²) in [4.78, 5) is 9.20. The van der Waals surface area contributed by atoms with Crippen LogP contribution in [0.5, 0.6) is 5.75 Å². The summed E-state index contributed by atoms with van der Waals surface area (Å²) in [5.41, 5.74) is 3.88. The molecule has 0 unspecified atom stereocenters. The molecule has 0 aliphatic heterocycles. The molecule has 1 N–H and O–H groups in total. The highest BCUT2D eigenvalue weighted by molar-refractivity contribution is 7.22. The van der Waals surface area contributed by atoms with E-state index in [1.165, 1.54) is 0 Å². The van der Waals surface area contributed by atoms with E-state index in [2.05, 4.69) is 22.4 Å². The van der Waals surface area contributed by atoms with Crippen molar-refractivity contribution in [1.29, 1.82) is 0 Å². The smallest absolute Gasteiger partial charge is 0.188 e. The Morgan fingerprint density at radius 1 is 1.17 bits per heavy atom. The van der Waals surface area contributed by atoms with Gasteiger partial charge in [-0.2, -0.15) is 0 Å². The minimum Gasteiger partial charge on any atom is -0.492 e. The molecule has 2 heterocycles. The molecular formula is C17H16N4OS. The zero-order chi connectivity index (χ0) is 15.8. The number of rotatable bonds is 4. The van der Waals surface area contributed by atoms with Gasteiger partial charge in [0.2, 0.25) is 0 Å². The van der Waals surface area contributed by atoms with Gasteiger partial charge in [0.05, 0.1) is 28.8 Å². The van der Waals surface area contributed by atoms with Gasteiger partial charge in [-0.1, -0.05) is 23.5 Å². The number of hydrogen-bond acceptors (Lipinski definition) is 5. The van der Waals surface area contributed by atoms with E-state index in [1.54, 1.807) is 11.3 Å². The molecule has 0 aliphatic rings. The summed E-state index contributed by atoms with van der Waals surface area (Å²) in [5.74, 6) is 0.831. The molecule has 0 aliphatic carbocycles. The highest BCUT2D eigenvalue weighted by Gasteiger charge is 2.12. The number of para-hydroxylation sites is 2. The molecule has 23 heavy (non-hydrogen) atoms. The van der Waals surface area contributed by atoms with Crippen molar-refractivity contribution in [2.45, 2.75) is 6.92 Å². The molecule has 0 radical (unpaired) electrons. The molecule has 0 saturated heterocycles. The van der Waals surface area contributed by atoms with Crippen molar-refractivity contribution in [2.75, 3.05) is 11.9 Å². The third-order valence-corrected chi connectivity index (χ3v) is 4.62. The second kappa shape index (κ2) is 5.55. The fraction of sp³-hybridized carbons (Fsp3) is 0.176. The van der Waals surface area contributed by atoms with Gasteiger partial charge in [0.25, 0.3) is 0 Å². The van der Waals surface area contributed by atoms with Crippen LogP contribution in [-0.2, 0) is 7.05 Å². The first-order valence-electron chi connectivity index (χ1n) is 7.45. The topological polar surface area (TPSA) is 52.0 Å². The summed E-state index contributed by atoms with van der Waals surface area (Å²) >= 11 is 1.62. The number of nitrogens with zero attached hydrogens (tertiary/aromatic N) is 3. The van der Waals surface area contributed by atoms with Crippen LogP contribution in [0.2, 0.25) is 0 Å². The van der Waals surface area contributed by atoms with Crippen molar-refractivity contribution in [3.8, 4) is 5.75 Å². The van der Waals surface area contributed by atoms with Gasteiger partial charge < -0.3 is 14.6 Å². The Kier molecular flexibility index (Phi) is 3.38. The Balaban J connectivity index is 1.77. The standard InChI is InChI=1S/C17H16N4OS/c1-3-22-13-7-5-4-6-11(13)19-17-20-16-14(23-17)9-8-12-15(16)18-10-21(12)2/h4-10H,3H2,1-2H3,(H,19,20). The van der Waals surface area contributed by atoms with Crippen molar-refractivity contribution in [3.63, 3.8) is 0 Å². The SMILES string of the molecule is CCOc1ccccc1Nc1nc2c(ccc3c2ncn3C)s1. The van der Waals surface area contributed by atoms with Crippen LogP contribution >= 0.6 is 11.3 Å². The average molecular weight is 324 g/mol. The first-order valence-corrected chi connectivity index (χ1v) is 8.27. The number of ether oxygens (including phenoxy) is 1. The second-order valence-electron chi connectivity index (χ2n) is 5.21. The van der Waals surface area contributed by atoms with Crippen LogP contribution < -0.4 is 10.1 Å². The van der Waals surface area contributed by atoms with Crippen molar-refractivity contribution in [2.24, 2.45) is 7.05 Å². The van der Waals surface area contributed by atoms with Crippen molar-refractivity contribution < 1.29 is 4.74 Å². The largest absolute Gasteiger partial charge is 0.492 e. The maximum Gasteiger partial charge on any atom is 0.188 e. The number of aryl methyl sites for hydroxylation is 1. The van der Waals surface area contributed by atoms with Gasteiger partial charge in [0.1, 0.15) is 16.8 Å². The van der Waals surface area contributed by atoms with E-state index in [9.17, 15) is 0 Å². The fourth-order valence-electron chi connectivity index (χ4n) is 2.61. The van der Waals surface area contributed by atoms with Gasteiger partial charge in [0, 0.05) is 7.05 Å². The summed E-state index contributed by atoms with van der Waals surface area (Å²) in [5, 5.41) is 4.20. The maximum atomic E-state index is 5.66. The molecule has 0 fully saturated rings. The normalized spacial score (nSPS) is 11.2. The van der Waals surface area contributed by atoms with Crippen LogP contribution in [0, 0.1) is 0 Å². The van der Waals surface area contributed by atoms with Gasteiger partial charge in [0.15, 0.2) is 5.13 Å². The van der Waals surface area contributed by atoms with E-state index in [0.717, 1.165) is 37.8 Å². The third kappa shape index (κ3) is 2.41. The van der Waals surface area contributed by atoms with Gasteiger partial charge in [-0.3, -0.25) is 0 Å². The summed E-state index contributed by atoms with van der Waals surface area (Å²) in [6.07, 6.45) is 1.82. The van der Waals surface area contributed by atoms with Gasteiger partial charge >= 0.3 is 0 Å². The lowest BCUT2D eigenvalue weighted by Gasteiger charge is -2.09. The number of anilines is 2. The van der Waals surface area contributed by atoms with Gasteiger partial charge in [-0.15, -0.1) is 0 Å². The lowest BCUT2D eigenvalue weighted by molar-refractivity contribution is 0.342. The van der Waals surface area contributed by atoms with E-state index in [0.29, 0.717) is 6.61 Å². The maximum absolute atomic E-state index is 5.66. The Labute approximate surface area is 137 Å². The van der Waals surface area contributed by atoms with Crippen molar-refractivity contribution in [3.05, 3.63) is 42.7 Å². The number of benzene rings is 2. The molecule has 0 bridgehead atoms. The molecule has 0 saturated carbocycles. The highest BCUT2D eigenvalue weighted by Crippen LogP contribution is 2.34. The average Bonchev–Trinajstić information content (AvgIpc) is 3.13. The minimum absolute atomic E-state index is 0.632. The van der Waals surface area contributed by atoms with E-state index < -0.39 is 0 Å². The number of aromatic nitrogens is 3. The van der Waals surface area contributed by atoms with Crippen LogP contribution in [-0.4, -0.2) is 21.1 Å². The van der Waals surface area contributed by atoms with Crippen LogP contribution in [0.4, 0.5) is 10.8 Å². The number of hydrogen-bond donors (Lipinski definition) is 1. The molecule has 2 aromatic carbocycles.